The van der Waals surface area contributed by atoms with Gasteiger partial charge in [-0.3, -0.25) is 4.79 Å². The molecule has 3 aromatic rings. The third kappa shape index (κ3) is 4.89. The van der Waals surface area contributed by atoms with E-state index in [4.69, 9.17) is 0 Å². The number of fused-ring (bicyclic) bond motifs is 1. The van der Waals surface area contributed by atoms with E-state index < -0.39 is 5.97 Å². The van der Waals surface area contributed by atoms with Crippen LogP contribution in [0.15, 0.2) is 48.0 Å². The zero-order chi connectivity index (χ0) is 20.4. The minimum Gasteiger partial charge on any atom is -0.545 e. The molecule has 7 heteroatoms. The Morgan fingerprint density at radius 2 is 1.63 bits per heavy atom. The van der Waals surface area contributed by atoms with Crippen LogP contribution in [0, 0.1) is 12.8 Å². The molecule has 0 saturated heterocycles. The molecule has 5 nitrogen and oxygen atoms in total. The van der Waals surface area contributed by atoms with Gasteiger partial charge < -0.3 is 9.90 Å². The first-order chi connectivity index (χ1) is 14.0. The Bertz CT molecular complexity index is 1100. The molecule has 1 fully saturated rings. The van der Waals surface area contributed by atoms with Crippen LogP contribution in [-0.2, 0) is 4.79 Å². The van der Waals surface area contributed by atoms with Crippen LogP contribution >= 0.6 is 11.7 Å². The molecule has 30 heavy (non-hydrogen) atoms. The van der Waals surface area contributed by atoms with Gasteiger partial charge in [0.25, 0.3) is 0 Å². The van der Waals surface area contributed by atoms with Gasteiger partial charge in [-0.05, 0) is 37.0 Å². The molecule has 4 rings (SSSR count). The second-order valence-corrected chi connectivity index (χ2v) is 8.19. The van der Waals surface area contributed by atoms with Crippen LogP contribution in [0.1, 0.15) is 53.6 Å². The van der Waals surface area contributed by atoms with E-state index in [-0.39, 0.29) is 40.9 Å². The summed E-state index contributed by atoms with van der Waals surface area (Å²) in [4.78, 5) is 25.6. The Hall–Kier alpha value is -1.86. The topological polar surface area (TPSA) is 83.0 Å². The molecule has 0 aliphatic heterocycles. The Morgan fingerprint density at radius 3 is 2.30 bits per heavy atom. The van der Waals surface area contributed by atoms with Gasteiger partial charge in [-0.15, -0.1) is 0 Å². The van der Waals surface area contributed by atoms with E-state index in [1.165, 1.54) is 0 Å². The van der Waals surface area contributed by atoms with E-state index in [1.54, 1.807) is 30.3 Å². The number of nitrogens with zero attached hydrogens (tertiary/aromatic N) is 2. The molecule has 0 spiro atoms. The molecule has 0 unspecified atom stereocenters. The molecular formula is C23H21N2NaO3S. The van der Waals surface area contributed by atoms with Crippen molar-refractivity contribution >= 4 is 40.1 Å². The Balaban J connectivity index is 0.00000256. The summed E-state index contributed by atoms with van der Waals surface area (Å²) in [6, 6.07) is 12.4. The van der Waals surface area contributed by atoms with E-state index in [2.05, 4.69) is 8.75 Å². The Kier molecular flexibility index (Phi) is 7.58. The number of ketones is 1. The van der Waals surface area contributed by atoms with Crippen LogP contribution in [0.2, 0.25) is 0 Å². The average molecular weight is 428 g/mol. The number of allylic oxidation sites excluding steroid dienone is 1. The van der Waals surface area contributed by atoms with Crippen molar-refractivity contribution in [2.75, 3.05) is 0 Å². The second kappa shape index (κ2) is 9.96. The summed E-state index contributed by atoms with van der Waals surface area (Å²) in [5.41, 5.74) is 3.61. The molecule has 1 saturated carbocycles. The maximum atomic E-state index is 13.4. The number of carbonyl (C=O) groups excluding carboxylic acids is 2. The van der Waals surface area contributed by atoms with Crippen LogP contribution < -0.4 is 34.7 Å². The van der Waals surface area contributed by atoms with Crippen LogP contribution in [0.3, 0.4) is 0 Å². The van der Waals surface area contributed by atoms with Crippen molar-refractivity contribution in [2.24, 2.45) is 5.92 Å². The minimum atomic E-state index is -1.33. The summed E-state index contributed by atoms with van der Waals surface area (Å²) in [7, 11) is 0. The van der Waals surface area contributed by atoms with Crippen molar-refractivity contribution < 1.29 is 44.3 Å². The number of hydrogen-bond donors (Lipinski definition) is 0. The van der Waals surface area contributed by atoms with Crippen LogP contribution in [0.4, 0.5) is 0 Å². The minimum absolute atomic E-state index is 0. The van der Waals surface area contributed by atoms with Gasteiger partial charge in [0.05, 0.1) is 17.7 Å². The van der Waals surface area contributed by atoms with Gasteiger partial charge in [-0.1, -0.05) is 61.6 Å². The van der Waals surface area contributed by atoms with Crippen molar-refractivity contribution in [3.05, 3.63) is 64.7 Å². The maximum absolute atomic E-state index is 13.4. The fourth-order valence-electron chi connectivity index (χ4n) is 4.04. The first-order valence-corrected chi connectivity index (χ1v) is 10.5. The predicted octanol–water partition coefficient (Wildman–Crippen LogP) is 0.970. The predicted molar refractivity (Wildman–Crippen MR) is 111 cm³/mol. The fraction of sp³-hybridized carbons (Fsp3) is 0.304. The number of carbonyl (C=O) groups is 2. The number of aliphatic carboxylic acids is 1. The molecule has 0 atom stereocenters. The standard InChI is InChI=1S/C23H22N2O3S.Na/c1-14-6-8-16(9-7-14)22(26)18(12-15-4-2-3-5-15)21(23(27)28)17-10-11-19-20(13-17)25-29-24-19;/h6-11,13,15H,2-5,12H2,1H3,(H,27,28);/q;+1/p-1/b21-18+;. The zero-order valence-electron chi connectivity index (χ0n) is 17.2. The van der Waals surface area contributed by atoms with Crippen molar-refractivity contribution in [3.8, 4) is 0 Å². The van der Waals surface area contributed by atoms with E-state index in [9.17, 15) is 14.7 Å². The molecule has 0 amide bonds. The van der Waals surface area contributed by atoms with Crippen molar-refractivity contribution in [1.29, 1.82) is 0 Å². The number of carboxylic acid groups (broad SMARTS) is 1. The van der Waals surface area contributed by atoms with Gasteiger partial charge in [-0.2, -0.15) is 8.75 Å². The fourth-order valence-corrected chi connectivity index (χ4v) is 4.56. The monoisotopic (exact) mass is 428 g/mol. The summed E-state index contributed by atoms with van der Waals surface area (Å²) in [6.45, 7) is 1.95. The average Bonchev–Trinajstić information content (AvgIpc) is 3.38. The van der Waals surface area contributed by atoms with Crippen LogP contribution in [0.25, 0.3) is 16.6 Å². The van der Waals surface area contributed by atoms with Crippen LogP contribution in [-0.4, -0.2) is 20.5 Å². The SMILES string of the molecule is Cc1ccc(C(=O)/C(CC2CCCC2)=C(/C(=O)[O-])c2ccc3nsnc3c2)cc1.[Na+]. The first-order valence-electron chi connectivity index (χ1n) is 9.81. The van der Waals surface area contributed by atoms with Gasteiger partial charge in [0.2, 0.25) is 0 Å². The molecule has 1 aromatic heterocycles. The molecular weight excluding hydrogens is 407 g/mol. The summed E-state index contributed by atoms with van der Waals surface area (Å²) in [5.74, 6) is -1.26. The number of carboxylic acids is 1. The summed E-state index contributed by atoms with van der Waals surface area (Å²) in [6.07, 6.45) is 4.71. The van der Waals surface area contributed by atoms with Gasteiger partial charge in [0.15, 0.2) is 5.78 Å². The quantitative estimate of drug-likeness (QED) is 0.332. The third-order valence-electron chi connectivity index (χ3n) is 5.60. The first kappa shape index (κ1) is 22.8. The van der Waals surface area contributed by atoms with Gasteiger partial charge in [-0.25, -0.2) is 0 Å². The van der Waals surface area contributed by atoms with Gasteiger partial charge in [0, 0.05) is 16.7 Å². The number of benzene rings is 2. The van der Waals surface area contributed by atoms with E-state index >= 15 is 0 Å². The molecule has 0 radical (unpaired) electrons. The molecule has 1 aliphatic carbocycles. The van der Waals surface area contributed by atoms with Gasteiger partial charge in [0.1, 0.15) is 11.0 Å². The number of rotatable bonds is 6. The molecule has 0 N–H and O–H groups in total. The normalized spacial score (nSPS) is 15.0. The molecule has 0 bridgehead atoms. The van der Waals surface area contributed by atoms with E-state index in [0.29, 0.717) is 40.1 Å². The van der Waals surface area contributed by atoms with Crippen molar-refractivity contribution in [1.82, 2.24) is 8.75 Å². The molecule has 1 aliphatic rings. The van der Waals surface area contributed by atoms with Crippen molar-refractivity contribution in [2.45, 2.75) is 39.0 Å². The number of Topliss-reactive ketones (excluding diaryl/α,β-unsaturated/α-hetero) is 1. The van der Waals surface area contributed by atoms with E-state index in [0.717, 1.165) is 43.0 Å². The Labute approximate surface area is 201 Å². The zero-order valence-corrected chi connectivity index (χ0v) is 20.0. The number of hydrogen-bond acceptors (Lipinski definition) is 6. The number of aryl methyl sites for hydroxylation is 1. The second-order valence-electron chi connectivity index (χ2n) is 7.66. The van der Waals surface area contributed by atoms with Crippen molar-refractivity contribution in [3.63, 3.8) is 0 Å². The summed E-state index contributed by atoms with van der Waals surface area (Å²) < 4.78 is 8.37. The van der Waals surface area contributed by atoms with E-state index in [1.807, 2.05) is 19.1 Å². The molecule has 148 valence electrons. The Morgan fingerprint density at radius 1 is 1.00 bits per heavy atom. The van der Waals surface area contributed by atoms with Gasteiger partial charge >= 0.3 is 29.6 Å². The summed E-state index contributed by atoms with van der Waals surface area (Å²) >= 11 is 1.07. The summed E-state index contributed by atoms with van der Waals surface area (Å²) in [5, 5.41) is 12.2. The molecule has 1 heterocycles. The number of aromatic nitrogens is 2. The molecule has 2 aromatic carbocycles. The smallest absolute Gasteiger partial charge is 0.545 e. The largest absolute Gasteiger partial charge is 1.00 e. The van der Waals surface area contributed by atoms with Crippen LogP contribution in [0.5, 0.6) is 0 Å². The maximum Gasteiger partial charge on any atom is 1.00 e. The third-order valence-corrected chi connectivity index (χ3v) is 6.16.